The van der Waals surface area contributed by atoms with Crippen molar-refractivity contribution in [3.63, 3.8) is 0 Å². The number of methoxy groups -OCH3 is 1. The van der Waals surface area contributed by atoms with E-state index in [1.165, 1.54) is 7.11 Å². The number of rotatable bonds is 4. The molecule has 9 heteroatoms. The zero-order valence-electron chi connectivity index (χ0n) is 13.8. The summed E-state index contributed by atoms with van der Waals surface area (Å²) in [4.78, 5) is 13.9. The van der Waals surface area contributed by atoms with Crippen molar-refractivity contribution < 1.29 is 17.9 Å². The molecule has 0 saturated carbocycles. The maximum atomic E-state index is 12.2. The summed E-state index contributed by atoms with van der Waals surface area (Å²) >= 11 is 5.30. The molecule has 2 rings (SSSR count). The van der Waals surface area contributed by atoms with Gasteiger partial charge in [-0.25, -0.2) is 13.2 Å². The van der Waals surface area contributed by atoms with Gasteiger partial charge in [0.15, 0.2) is 5.11 Å². The van der Waals surface area contributed by atoms with E-state index in [0.29, 0.717) is 27.6 Å². The number of carbonyl (C=O) groups is 1. The Labute approximate surface area is 146 Å². The molecule has 1 aliphatic rings. The second-order valence-corrected chi connectivity index (χ2v) is 7.57. The number of nitrogens with zero attached hydrogens (tertiary/aromatic N) is 1. The standard InChI is InChI=1S/C15H19N3O4S2/c1-9-12(14(19)22-3)13(16-15(23)18(9)2)10-6-5-7-11(8-10)17-24(4,20)21/h5-8,13,17H,1-4H3,(H,16,23). The number of thiocarbonyl (C=S) groups is 1. The first kappa shape index (κ1) is 18.2. The molecular formula is C15H19N3O4S2. The number of benzene rings is 1. The topological polar surface area (TPSA) is 87.7 Å². The fraction of sp³-hybridized carbons (Fsp3) is 0.333. The molecule has 0 fully saturated rings. The van der Waals surface area contributed by atoms with Crippen LogP contribution in [0.1, 0.15) is 18.5 Å². The van der Waals surface area contributed by atoms with Crippen molar-refractivity contribution in [3.8, 4) is 0 Å². The molecule has 0 radical (unpaired) electrons. The summed E-state index contributed by atoms with van der Waals surface area (Å²) in [7, 11) is -0.328. The highest BCUT2D eigenvalue weighted by Crippen LogP contribution is 2.31. The van der Waals surface area contributed by atoms with Crippen LogP contribution < -0.4 is 10.0 Å². The molecule has 0 aromatic heterocycles. The van der Waals surface area contributed by atoms with Gasteiger partial charge in [-0.15, -0.1) is 0 Å². The number of carbonyl (C=O) groups excluding carboxylic acids is 1. The molecule has 0 amide bonds. The number of ether oxygens (including phenoxy) is 1. The number of anilines is 1. The summed E-state index contributed by atoms with van der Waals surface area (Å²) in [5.41, 5.74) is 2.20. The van der Waals surface area contributed by atoms with Crippen LogP contribution in [-0.4, -0.2) is 44.8 Å². The molecule has 1 aliphatic heterocycles. The Balaban J connectivity index is 2.51. The molecule has 1 aromatic rings. The van der Waals surface area contributed by atoms with E-state index in [1.54, 1.807) is 43.1 Å². The average molecular weight is 369 g/mol. The van der Waals surface area contributed by atoms with Crippen molar-refractivity contribution in [3.05, 3.63) is 41.1 Å². The van der Waals surface area contributed by atoms with Gasteiger partial charge < -0.3 is 15.0 Å². The van der Waals surface area contributed by atoms with E-state index in [2.05, 4.69) is 10.0 Å². The molecule has 24 heavy (non-hydrogen) atoms. The summed E-state index contributed by atoms with van der Waals surface area (Å²) in [6.07, 6.45) is 1.08. The number of esters is 1. The lowest BCUT2D eigenvalue weighted by molar-refractivity contribution is -0.136. The summed E-state index contributed by atoms with van der Waals surface area (Å²) < 4.78 is 30.1. The summed E-state index contributed by atoms with van der Waals surface area (Å²) in [6.45, 7) is 1.78. The van der Waals surface area contributed by atoms with Gasteiger partial charge >= 0.3 is 5.97 Å². The predicted molar refractivity (Wildman–Crippen MR) is 95.9 cm³/mol. The fourth-order valence-electron chi connectivity index (χ4n) is 2.46. The predicted octanol–water partition coefficient (Wildman–Crippen LogP) is 1.37. The van der Waals surface area contributed by atoms with E-state index in [0.717, 1.165) is 6.26 Å². The first-order valence-corrected chi connectivity index (χ1v) is 9.35. The highest BCUT2D eigenvalue weighted by molar-refractivity contribution is 7.92. The van der Waals surface area contributed by atoms with Gasteiger partial charge in [0, 0.05) is 18.4 Å². The normalized spacial score (nSPS) is 18.2. The van der Waals surface area contributed by atoms with E-state index in [-0.39, 0.29) is 0 Å². The summed E-state index contributed by atoms with van der Waals surface area (Å²) in [6, 6.07) is 6.25. The van der Waals surface area contributed by atoms with Crippen LogP contribution in [0.15, 0.2) is 35.5 Å². The van der Waals surface area contributed by atoms with E-state index >= 15 is 0 Å². The molecule has 7 nitrogen and oxygen atoms in total. The molecule has 1 aromatic carbocycles. The maximum absolute atomic E-state index is 12.2. The smallest absolute Gasteiger partial charge is 0.337 e. The first-order chi connectivity index (χ1) is 11.1. The van der Waals surface area contributed by atoms with Gasteiger partial charge in [-0.05, 0) is 36.8 Å². The van der Waals surface area contributed by atoms with Crippen molar-refractivity contribution in [2.45, 2.75) is 13.0 Å². The number of nitrogens with one attached hydrogen (secondary N) is 2. The van der Waals surface area contributed by atoms with Gasteiger partial charge in [-0.2, -0.15) is 0 Å². The Morgan fingerprint density at radius 2 is 2.08 bits per heavy atom. The summed E-state index contributed by atoms with van der Waals surface area (Å²) in [5, 5.41) is 3.55. The molecule has 1 unspecified atom stereocenters. The molecule has 1 atom stereocenters. The molecule has 130 valence electrons. The quantitative estimate of drug-likeness (QED) is 0.612. The first-order valence-electron chi connectivity index (χ1n) is 7.05. The van der Waals surface area contributed by atoms with Gasteiger partial charge in [0.1, 0.15) is 0 Å². The molecule has 0 spiro atoms. The Morgan fingerprint density at radius 1 is 1.42 bits per heavy atom. The summed E-state index contributed by atoms with van der Waals surface area (Å²) in [5.74, 6) is -0.471. The van der Waals surface area contributed by atoms with Crippen molar-refractivity contribution in [2.24, 2.45) is 0 Å². The van der Waals surface area contributed by atoms with Gasteiger partial charge in [0.05, 0.1) is 25.0 Å². The maximum Gasteiger partial charge on any atom is 0.337 e. The number of hydrogen-bond acceptors (Lipinski definition) is 5. The van der Waals surface area contributed by atoms with Crippen LogP contribution in [0.3, 0.4) is 0 Å². The van der Waals surface area contributed by atoms with Crippen LogP contribution in [0.5, 0.6) is 0 Å². The van der Waals surface area contributed by atoms with E-state index < -0.39 is 22.0 Å². The third-order valence-electron chi connectivity index (χ3n) is 3.68. The van der Waals surface area contributed by atoms with Gasteiger partial charge in [-0.1, -0.05) is 12.1 Å². The minimum absolute atomic E-state index is 0.406. The molecule has 2 N–H and O–H groups in total. The number of allylic oxidation sites excluding steroid dienone is 1. The van der Waals surface area contributed by atoms with E-state index in [4.69, 9.17) is 17.0 Å². The minimum atomic E-state index is -3.40. The Bertz CT molecular complexity index is 818. The van der Waals surface area contributed by atoms with Crippen LogP contribution >= 0.6 is 12.2 Å². The SMILES string of the molecule is COC(=O)C1=C(C)N(C)C(=S)NC1c1cccc(NS(C)(=O)=O)c1. The lowest BCUT2D eigenvalue weighted by Crippen LogP contribution is -2.46. The molecule has 0 saturated heterocycles. The molecule has 0 bridgehead atoms. The van der Waals surface area contributed by atoms with Crippen LogP contribution in [0.2, 0.25) is 0 Å². The van der Waals surface area contributed by atoms with Crippen molar-refractivity contribution in [2.75, 3.05) is 25.1 Å². The zero-order chi connectivity index (χ0) is 18.1. The van der Waals surface area contributed by atoms with E-state index in [9.17, 15) is 13.2 Å². The third kappa shape index (κ3) is 3.85. The lowest BCUT2D eigenvalue weighted by atomic mass is 9.95. The highest BCUT2D eigenvalue weighted by Gasteiger charge is 2.33. The largest absolute Gasteiger partial charge is 0.466 e. The van der Waals surface area contributed by atoms with Crippen LogP contribution in [0, 0.1) is 0 Å². The Morgan fingerprint density at radius 3 is 2.67 bits per heavy atom. The van der Waals surface area contributed by atoms with Gasteiger partial charge in [0.25, 0.3) is 0 Å². The van der Waals surface area contributed by atoms with Gasteiger partial charge in [-0.3, -0.25) is 4.72 Å². The highest BCUT2D eigenvalue weighted by atomic mass is 32.2. The third-order valence-corrected chi connectivity index (χ3v) is 4.68. The second kappa shape index (κ2) is 6.78. The lowest BCUT2D eigenvalue weighted by Gasteiger charge is -2.35. The van der Waals surface area contributed by atoms with Crippen molar-refractivity contribution >= 4 is 39.0 Å². The zero-order valence-corrected chi connectivity index (χ0v) is 15.4. The second-order valence-electron chi connectivity index (χ2n) is 5.43. The minimum Gasteiger partial charge on any atom is -0.466 e. The van der Waals surface area contributed by atoms with Crippen molar-refractivity contribution in [1.82, 2.24) is 10.2 Å². The van der Waals surface area contributed by atoms with Crippen molar-refractivity contribution in [1.29, 1.82) is 0 Å². The number of hydrogen-bond donors (Lipinski definition) is 2. The van der Waals surface area contributed by atoms with Crippen LogP contribution in [-0.2, 0) is 19.6 Å². The van der Waals surface area contributed by atoms with Crippen LogP contribution in [0.25, 0.3) is 0 Å². The van der Waals surface area contributed by atoms with E-state index in [1.807, 2.05) is 0 Å². The fourth-order valence-corrected chi connectivity index (χ4v) is 3.27. The van der Waals surface area contributed by atoms with Gasteiger partial charge in [0.2, 0.25) is 10.0 Å². The molecule has 1 heterocycles. The molecular weight excluding hydrogens is 350 g/mol. The van der Waals surface area contributed by atoms with Crippen LogP contribution in [0.4, 0.5) is 5.69 Å². The molecule has 0 aliphatic carbocycles. The average Bonchev–Trinajstić information content (AvgIpc) is 2.50. The number of sulfonamides is 1. The Kier molecular flexibility index (Phi) is 5.14. The Hall–Kier alpha value is -2.13. The monoisotopic (exact) mass is 369 g/mol.